The van der Waals surface area contributed by atoms with E-state index in [1.54, 1.807) is 0 Å². The molecule has 3 rings (SSSR count). The highest BCUT2D eigenvalue weighted by molar-refractivity contribution is 5.69. The summed E-state index contributed by atoms with van der Waals surface area (Å²) in [5, 5.41) is 11.3. The van der Waals surface area contributed by atoms with Crippen molar-refractivity contribution in [3.63, 3.8) is 0 Å². The summed E-state index contributed by atoms with van der Waals surface area (Å²) in [7, 11) is 0. The van der Waals surface area contributed by atoms with Crippen LogP contribution >= 0.6 is 0 Å². The largest absolute Gasteiger partial charge is 0.444 e. The molecule has 0 spiro atoms. The predicted octanol–water partition coefficient (Wildman–Crippen LogP) is 4.03. The van der Waals surface area contributed by atoms with Crippen molar-refractivity contribution in [1.82, 2.24) is 15.5 Å². The van der Waals surface area contributed by atoms with Crippen molar-refractivity contribution < 1.29 is 13.9 Å². The van der Waals surface area contributed by atoms with E-state index in [2.05, 4.69) is 15.5 Å². The molecule has 1 N–H and O–H groups in total. The number of nitrogens with zero attached hydrogens (tertiary/aromatic N) is 2. The summed E-state index contributed by atoms with van der Waals surface area (Å²) in [5.41, 5.74) is -0.322. The van der Waals surface area contributed by atoms with Gasteiger partial charge >= 0.3 is 6.09 Å². The van der Waals surface area contributed by atoms with E-state index >= 15 is 0 Å². The maximum Gasteiger partial charge on any atom is 0.408 e. The van der Waals surface area contributed by atoms with Crippen LogP contribution in [-0.4, -0.2) is 21.9 Å². The Morgan fingerprint density at radius 1 is 1.17 bits per heavy atom. The molecular weight excluding hydrogens is 306 g/mol. The summed E-state index contributed by atoms with van der Waals surface area (Å²) in [5.74, 6) is 0.910. The second-order valence-electron chi connectivity index (χ2n) is 7.19. The fourth-order valence-corrected chi connectivity index (χ4v) is 2.98. The van der Waals surface area contributed by atoms with Crippen molar-refractivity contribution in [3.05, 3.63) is 36.2 Å². The Morgan fingerprint density at radius 3 is 2.46 bits per heavy atom. The first-order chi connectivity index (χ1) is 11.4. The van der Waals surface area contributed by atoms with Crippen LogP contribution < -0.4 is 5.32 Å². The van der Waals surface area contributed by atoms with Crippen molar-refractivity contribution in [3.8, 4) is 11.5 Å². The average Bonchev–Trinajstić information content (AvgIpc) is 3.15. The van der Waals surface area contributed by atoms with Gasteiger partial charge in [0.15, 0.2) is 0 Å². The molecule has 0 unspecified atom stereocenters. The SMILES string of the molecule is CC(C)(C)OC(=O)NC1(c2nnc(-c3ccccc3)o2)CCCC1. The van der Waals surface area contributed by atoms with Gasteiger partial charge in [-0.15, -0.1) is 10.2 Å². The molecule has 1 fully saturated rings. The average molecular weight is 329 g/mol. The van der Waals surface area contributed by atoms with Crippen LogP contribution in [0.25, 0.3) is 11.5 Å². The van der Waals surface area contributed by atoms with Crippen molar-refractivity contribution in [1.29, 1.82) is 0 Å². The van der Waals surface area contributed by atoms with E-state index in [0.29, 0.717) is 11.8 Å². The molecule has 1 saturated carbocycles. The molecule has 6 heteroatoms. The minimum absolute atomic E-state index is 0.449. The van der Waals surface area contributed by atoms with Crippen LogP contribution in [0.1, 0.15) is 52.3 Å². The Morgan fingerprint density at radius 2 is 1.83 bits per heavy atom. The lowest BCUT2D eigenvalue weighted by Gasteiger charge is -2.28. The Bertz CT molecular complexity index is 698. The van der Waals surface area contributed by atoms with Crippen LogP contribution in [0.15, 0.2) is 34.7 Å². The first-order valence-electron chi connectivity index (χ1n) is 8.29. The molecule has 1 aliphatic carbocycles. The number of amides is 1. The third-order valence-corrected chi connectivity index (χ3v) is 4.05. The Labute approximate surface area is 141 Å². The van der Waals surface area contributed by atoms with Crippen LogP contribution in [-0.2, 0) is 10.3 Å². The highest BCUT2D eigenvalue weighted by Gasteiger charge is 2.43. The smallest absolute Gasteiger partial charge is 0.408 e. The zero-order valence-corrected chi connectivity index (χ0v) is 14.3. The zero-order chi connectivity index (χ0) is 17.2. The topological polar surface area (TPSA) is 77.2 Å². The van der Waals surface area contributed by atoms with E-state index in [0.717, 1.165) is 31.2 Å². The van der Waals surface area contributed by atoms with E-state index in [1.165, 1.54) is 0 Å². The molecule has 0 atom stereocenters. The molecule has 1 amide bonds. The third-order valence-electron chi connectivity index (χ3n) is 4.05. The number of hydrogen-bond acceptors (Lipinski definition) is 5. The second-order valence-corrected chi connectivity index (χ2v) is 7.19. The van der Waals surface area contributed by atoms with Gasteiger partial charge in [0.05, 0.1) is 0 Å². The Hall–Kier alpha value is -2.37. The fourth-order valence-electron chi connectivity index (χ4n) is 2.98. The maximum absolute atomic E-state index is 12.2. The van der Waals surface area contributed by atoms with Gasteiger partial charge in [0, 0.05) is 5.56 Å². The molecule has 2 aromatic rings. The molecule has 0 aliphatic heterocycles. The van der Waals surface area contributed by atoms with E-state index < -0.39 is 17.2 Å². The van der Waals surface area contributed by atoms with Gasteiger partial charge in [-0.2, -0.15) is 0 Å². The van der Waals surface area contributed by atoms with Gasteiger partial charge in [0.25, 0.3) is 0 Å². The molecule has 1 heterocycles. The van der Waals surface area contributed by atoms with Crippen LogP contribution in [0.2, 0.25) is 0 Å². The Balaban J connectivity index is 1.83. The van der Waals surface area contributed by atoms with Gasteiger partial charge in [-0.25, -0.2) is 4.79 Å². The predicted molar refractivity (Wildman–Crippen MR) is 89.2 cm³/mol. The molecule has 128 valence electrons. The molecule has 6 nitrogen and oxygen atoms in total. The lowest BCUT2D eigenvalue weighted by molar-refractivity contribution is 0.0434. The van der Waals surface area contributed by atoms with Gasteiger partial charge in [-0.1, -0.05) is 31.0 Å². The van der Waals surface area contributed by atoms with Crippen LogP contribution in [0.3, 0.4) is 0 Å². The number of rotatable bonds is 3. The van der Waals surface area contributed by atoms with Gasteiger partial charge in [0.2, 0.25) is 11.8 Å². The molecule has 1 aromatic carbocycles. The van der Waals surface area contributed by atoms with E-state index in [1.807, 2.05) is 51.1 Å². The number of ether oxygens (including phenoxy) is 1. The number of carbonyl (C=O) groups excluding carboxylic acids is 1. The van der Waals surface area contributed by atoms with Gasteiger partial charge < -0.3 is 14.5 Å². The standard InChI is InChI=1S/C18H23N3O3/c1-17(2,3)24-16(22)19-18(11-7-8-12-18)15-21-20-14(23-15)13-9-5-4-6-10-13/h4-6,9-10H,7-8,11-12H2,1-3H3,(H,19,22). The molecular formula is C18H23N3O3. The lowest BCUT2D eigenvalue weighted by Crippen LogP contribution is -2.46. The normalized spacial score (nSPS) is 16.8. The van der Waals surface area contributed by atoms with Crippen LogP contribution in [0, 0.1) is 0 Å². The molecule has 0 saturated heterocycles. The minimum Gasteiger partial charge on any atom is -0.444 e. The van der Waals surface area contributed by atoms with Gasteiger partial charge in [-0.05, 0) is 45.7 Å². The number of aromatic nitrogens is 2. The Kier molecular flexibility index (Phi) is 4.30. The number of hydrogen-bond donors (Lipinski definition) is 1. The summed E-state index contributed by atoms with van der Waals surface area (Å²) < 4.78 is 11.3. The second kappa shape index (κ2) is 6.26. The summed E-state index contributed by atoms with van der Waals surface area (Å²) in [6, 6.07) is 9.61. The van der Waals surface area contributed by atoms with E-state index in [-0.39, 0.29) is 0 Å². The van der Waals surface area contributed by atoms with Crippen molar-refractivity contribution >= 4 is 6.09 Å². The van der Waals surface area contributed by atoms with Gasteiger partial charge in [-0.3, -0.25) is 0 Å². The zero-order valence-electron chi connectivity index (χ0n) is 14.3. The number of carbonyl (C=O) groups is 1. The first-order valence-corrected chi connectivity index (χ1v) is 8.29. The molecule has 0 radical (unpaired) electrons. The minimum atomic E-state index is -0.637. The summed E-state index contributed by atoms with van der Waals surface area (Å²) >= 11 is 0. The van der Waals surface area contributed by atoms with E-state index in [4.69, 9.17) is 9.15 Å². The number of alkyl carbamates (subject to hydrolysis) is 1. The fraction of sp³-hybridized carbons (Fsp3) is 0.500. The molecule has 1 aromatic heterocycles. The molecule has 1 aliphatic rings. The lowest BCUT2D eigenvalue weighted by atomic mass is 9.98. The van der Waals surface area contributed by atoms with Crippen molar-refractivity contribution in [2.45, 2.75) is 57.6 Å². The van der Waals surface area contributed by atoms with Crippen LogP contribution in [0.4, 0.5) is 4.79 Å². The van der Waals surface area contributed by atoms with Crippen molar-refractivity contribution in [2.24, 2.45) is 0 Å². The van der Waals surface area contributed by atoms with E-state index in [9.17, 15) is 4.79 Å². The van der Waals surface area contributed by atoms with Crippen LogP contribution in [0.5, 0.6) is 0 Å². The molecule has 24 heavy (non-hydrogen) atoms. The monoisotopic (exact) mass is 329 g/mol. The highest BCUT2D eigenvalue weighted by Crippen LogP contribution is 2.39. The molecule has 0 bridgehead atoms. The summed E-state index contributed by atoms with van der Waals surface area (Å²) in [4.78, 5) is 12.2. The number of nitrogens with one attached hydrogen (secondary N) is 1. The summed E-state index contributed by atoms with van der Waals surface area (Å²) in [6.07, 6.45) is 3.08. The van der Waals surface area contributed by atoms with Gasteiger partial charge in [0.1, 0.15) is 11.1 Å². The first kappa shape index (κ1) is 16.5. The quantitative estimate of drug-likeness (QED) is 0.920. The summed E-state index contributed by atoms with van der Waals surface area (Å²) in [6.45, 7) is 5.52. The number of benzene rings is 1. The van der Waals surface area contributed by atoms with Crippen molar-refractivity contribution in [2.75, 3.05) is 0 Å². The highest BCUT2D eigenvalue weighted by atomic mass is 16.6. The third kappa shape index (κ3) is 3.58. The maximum atomic E-state index is 12.2.